The van der Waals surface area contributed by atoms with E-state index in [2.05, 4.69) is 10.3 Å². The highest BCUT2D eigenvalue weighted by Crippen LogP contribution is 2.31. The second-order valence-corrected chi connectivity index (χ2v) is 6.54. The highest BCUT2D eigenvalue weighted by atomic mass is 35.5. The number of halogens is 3. The van der Waals surface area contributed by atoms with Crippen LogP contribution >= 0.6 is 36.4 Å². The smallest absolute Gasteiger partial charge is 0.276 e. The van der Waals surface area contributed by atoms with Crippen LogP contribution in [0.15, 0.2) is 35.1 Å². The third-order valence-corrected chi connectivity index (χ3v) is 4.92. The highest BCUT2D eigenvalue weighted by molar-refractivity contribution is 6.33. The van der Waals surface area contributed by atoms with Gasteiger partial charge in [0.15, 0.2) is 17.8 Å². The lowest BCUT2D eigenvalue weighted by atomic mass is 9.93. The Morgan fingerprint density at radius 1 is 1.31 bits per heavy atom. The molecule has 3 rings (SSSR count). The molecule has 26 heavy (non-hydrogen) atoms. The summed E-state index contributed by atoms with van der Waals surface area (Å²) in [6.07, 6.45) is 4.54. The molecule has 1 aromatic carbocycles. The Bertz CT molecular complexity index is 700. The fraction of sp³-hybridized carbons (Fsp3) is 0.444. The number of likely N-dealkylation sites (tertiary alicyclic amines) is 1. The summed E-state index contributed by atoms with van der Waals surface area (Å²) >= 11 is 6.23. The lowest BCUT2D eigenvalue weighted by molar-refractivity contribution is 0.0682. The highest BCUT2D eigenvalue weighted by Gasteiger charge is 2.28. The van der Waals surface area contributed by atoms with E-state index < -0.39 is 0 Å². The molecule has 0 atom stereocenters. The molecule has 1 aliphatic rings. The third-order valence-electron chi connectivity index (χ3n) is 4.59. The van der Waals surface area contributed by atoms with Crippen LogP contribution in [0.1, 0.15) is 29.8 Å². The average Bonchev–Trinajstić information content (AvgIpc) is 3.09. The molecule has 1 fully saturated rings. The summed E-state index contributed by atoms with van der Waals surface area (Å²) in [6.45, 7) is 2.56. The summed E-state index contributed by atoms with van der Waals surface area (Å²) in [4.78, 5) is 18.9. The van der Waals surface area contributed by atoms with E-state index in [1.165, 1.54) is 6.39 Å². The second-order valence-electron chi connectivity index (χ2n) is 6.14. The van der Waals surface area contributed by atoms with Crippen molar-refractivity contribution in [2.24, 2.45) is 5.92 Å². The van der Waals surface area contributed by atoms with Crippen LogP contribution in [0, 0.1) is 5.92 Å². The number of carbonyl (C=O) groups excluding carboxylic acids is 1. The normalized spacial score (nSPS) is 14.5. The molecule has 1 aliphatic heterocycles. The molecule has 0 spiro atoms. The Morgan fingerprint density at radius 2 is 2.00 bits per heavy atom. The number of amides is 1. The number of oxazole rings is 1. The standard InChI is InChI=1S/C18H22ClN3O2.2ClH/c1-20-9-6-13-7-10-22(11-8-13)18(23)16-17(24-12-21-16)14-4-2-3-5-15(14)19;;/h2-5,12-13,20H,6-11H2,1H3;2*1H. The van der Waals surface area contributed by atoms with E-state index in [0.29, 0.717) is 28.0 Å². The summed E-state index contributed by atoms with van der Waals surface area (Å²) in [5.41, 5.74) is 1.04. The summed E-state index contributed by atoms with van der Waals surface area (Å²) < 4.78 is 5.47. The molecular weight excluding hydrogens is 397 g/mol. The van der Waals surface area contributed by atoms with Gasteiger partial charge >= 0.3 is 0 Å². The Hall–Kier alpha value is -1.27. The predicted molar refractivity (Wildman–Crippen MR) is 109 cm³/mol. The number of nitrogens with zero attached hydrogens (tertiary/aromatic N) is 2. The molecule has 144 valence electrons. The molecule has 1 amide bonds. The van der Waals surface area contributed by atoms with Crippen LogP contribution in [0.4, 0.5) is 0 Å². The van der Waals surface area contributed by atoms with E-state index in [-0.39, 0.29) is 30.7 Å². The minimum absolute atomic E-state index is 0. The van der Waals surface area contributed by atoms with Crippen molar-refractivity contribution < 1.29 is 9.21 Å². The maximum absolute atomic E-state index is 12.8. The van der Waals surface area contributed by atoms with Gasteiger partial charge in [0.1, 0.15) is 0 Å². The van der Waals surface area contributed by atoms with E-state index in [0.717, 1.165) is 38.9 Å². The van der Waals surface area contributed by atoms with E-state index in [4.69, 9.17) is 16.0 Å². The van der Waals surface area contributed by atoms with Crippen LogP contribution in [0.2, 0.25) is 5.02 Å². The van der Waals surface area contributed by atoms with Crippen LogP contribution in [0.3, 0.4) is 0 Å². The van der Waals surface area contributed by atoms with Crippen molar-refractivity contribution in [3.05, 3.63) is 41.4 Å². The number of carbonyl (C=O) groups is 1. The van der Waals surface area contributed by atoms with E-state index in [1.54, 1.807) is 6.07 Å². The zero-order valence-electron chi connectivity index (χ0n) is 14.6. The Balaban J connectivity index is 0.00000169. The van der Waals surface area contributed by atoms with Crippen molar-refractivity contribution in [1.82, 2.24) is 15.2 Å². The average molecular weight is 421 g/mol. The molecule has 8 heteroatoms. The monoisotopic (exact) mass is 419 g/mol. The van der Waals surface area contributed by atoms with Gasteiger partial charge in [-0.1, -0.05) is 23.7 Å². The number of benzene rings is 1. The third kappa shape index (κ3) is 5.13. The Labute approximate surface area is 171 Å². The first-order valence-corrected chi connectivity index (χ1v) is 8.70. The van der Waals surface area contributed by atoms with E-state index in [9.17, 15) is 4.79 Å². The molecule has 2 aromatic rings. The minimum atomic E-state index is -0.0780. The number of nitrogens with one attached hydrogen (secondary N) is 1. The molecule has 2 heterocycles. The first-order chi connectivity index (χ1) is 11.7. The van der Waals surface area contributed by atoms with Gasteiger partial charge in [-0.05, 0) is 50.9 Å². The zero-order chi connectivity index (χ0) is 16.9. The molecule has 0 saturated carbocycles. The lowest BCUT2D eigenvalue weighted by Gasteiger charge is -2.31. The van der Waals surface area contributed by atoms with Crippen LogP contribution < -0.4 is 5.32 Å². The molecular formula is C18H24Cl3N3O2. The van der Waals surface area contributed by atoms with Gasteiger partial charge in [0.2, 0.25) is 0 Å². The Morgan fingerprint density at radius 3 is 2.65 bits per heavy atom. The largest absolute Gasteiger partial charge is 0.443 e. The molecule has 0 unspecified atom stereocenters. The lowest BCUT2D eigenvalue weighted by Crippen LogP contribution is -2.39. The van der Waals surface area contributed by atoms with Crippen molar-refractivity contribution in [1.29, 1.82) is 0 Å². The molecule has 0 bridgehead atoms. The molecule has 5 nitrogen and oxygen atoms in total. The fourth-order valence-electron chi connectivity index (χ4n) is 3.16. The predicted octanol–water partition coefficient (Wildman–Crippen LogP) is 4.30. The van der Waals surface area contributed by atoms with Gasteiger partial charge < -0.3 is 14.6 Å². The van der Waals surface area contributed by atoms with Gasteiger partial charge in [-0.15, -0.1) is 24.8 Å². The van der Waals surface area contributed by atoms with Gasteiger partial charge in [0.05, 0.1) is 5.02 Å². The van der Waals surface area contributed by atoms with Crippen LogP contribution in [0.5, 0.6) is 0 Å². The minimum Gasteiger partial charge on any atom is -0.443 e. The van der Waals surface area contributed by atoms with Gasteiger partial charge in [-0.3, -0.25) is 4.79 Å². The fourth-order valence-corrected chi connectivity index (χ4v) is 3.38. The van der Waals surface area contributed by atoms with Crippen molar-refractivity contribution >= 4 is 42.3 Å². The maximum Gasteiger partial charge on any atom is 0.276 e. The SMILES string of the molecule is CNCCC1CCN(C(=O)c2ncoc2-c2ccccc2Cl)CC1.Cl.Cl. The number of rotatable bonds is 5. The van der Waals surface area contributed by atoms with Gasteiger partial charge in [0.25, 0.3) is 5.91 Å². The second kappa shape index (κ2) is 10.8. The van der Waals surface area contributed by atoms with Crippen molar-refractivity contribution in [2.45, 2.75) is 19.3 Å². The summed E-state index contributed by atoms with van der Waals surface area (Å²) in [7, 11) is 1.97. The molecule has 1 N–H and O–H groups in total. The maximum atomic E-state index is 12.8. The van der Waals surface area contributed by atoms with Crippen molar-refractivity contribution in [3.63, 3.8) is 0 Å². The first-order valence-electron chi connectivity index (χ1n) is 8.33. The number of piperidine rings is 1. The summed E-state index contributed by atoms with van der Waals surface area (Å²) in [6, 6.07) is 7.33. The van der Waals surface area contributed by atoms with Gasteiger partial charge in [-0.2, -0.15) is 0 Å². The molecule has 1 saturated heterocycles. The van der Waals surface area contributed by atoms with Gasteiger partial charge in [0, 0.05) is 18.7 Å². The quantitative estimate of drug-likeness (QED) is 0.783. The summed E-state index contributed by atoms with van der Waals surface area (Å²) in [5.74, 6) is 1.05. The topological polar surface area (TPSA) is 58.4 Å². The molecule has 0 aliphatic carbocycles. The van der Waals surface area contributed by atoms with Gasteiger partial charge in [-0.25, -0.2) is 4.98 Å². The van der Waals surface area contributed by atoms with Crippen LogP contribution in [-0.2, 0) is 0 Å². The van der Waals surface area contributed by atoms with E-state index in [1.807, 2.05) is 30.1 Å². The molecule has 1 aromatic heterocycles. The van der Waals surface area contributed by atoms with E-state index >= 15 is 0 Å². The van der Waals surface area contributed by atoms with Crippen LogP contribution in [0.25, 0.3) is 11.3 Å². The van der Waals surface area contributed by atoms with Crippen molar-refractivity contribution in [3.8, 4) is 11.3 Å². The van der Waals surface area contributed by atoms with Crippen molar-refractivity contribution in [2.75, 3.05) is 26.7 Å². The molecule has 0 radical (unpaired) electrons. The number of hydrogen-bond donors (Lipinski definition) is 1. The van der Waals surface area contributed by atoms with Crippen LogP contribution in [-0.4, -0.2) is 42.5 Å². The number of aromatic nitrogens is 1. The summed E-state index contributed by atoms with van der Waals surface area (Å²) in [5, 5.41) is 3.74. The first kappa shape index (κ1) is 22.8. The Kier molecular flexibility index (Phi) is 9.44. The zero-order valence-corrected chi connectivity index (χ0v) is 17.0. The number of hydrogen-bond acceptors (Lipinski definition) is 4.